The lowest BCUT2D eigenvalue weighted by atomic mass is 9.95. The zero-order valence-electron chi connectivity index (χ0n) is 27.3. The number of fused-ring (bicyclic) bond motifs is 1. The van der Waals surface area contributed by atoms with Gasteiger partial charge in [0.25, 0.3) is 5.56 Å². The van der Waals surface area contributed by atoms with Crippen LogP contribution in [0.2, 0.25) is 5.02 Å². The molecule has 0 unspecified atom stereocenters. The largest absolute Gasteiger partial charge is 0.463 e. The summed E-state index contributed by atoms with van der Waals surface area (Å²) in [6, 6.07) is 34.0. The number of allylic oxidation sites excluding steroid dienone is 1. The summed E-state index contributed by atoms with van der Waals surface area (Å²) < 4.78 is 52.5. The number of ether oxygens (including phenoxy) is 1. The first kappa shape index (κ1) is 34.0. The molecule has 1 atom stereocenters. The summed E-state index contributed by atoms with van der Waals surface area (Å²) in [6.07, 6.45) is -3.33. The van der Waals surface area contributed by atoms with Crippen molar-refractivity contribution >= 4 is 35.0 Å². The molecule has 0 spiro atoms. The number of aromatic nitrogens is 2. The topological polar surface area (TPSA) is 65.6 Å². The number of nitrogens with zero attached hydrogens (tertiary/aromatic N) is 3. The second kappa shape index (κ2) is 13.7. The zero-order chi connectivity index (χ0) is 35.9. The Kier molecular flexibility index (Phi) is 9.13. The molecule has 0 aliphatic carbocycles. The highest BCUT2D eigenvalue weighted by Crippen LogP contribution is 2.39. The highest BCUT2D eigenvalue weighted by Gasteiger charge is 2.45. The molecule has 1 aliphatic heterocycles. The van der Waals surface area contributed by atoms with Gasteiger partial charge in [0.15, 0.2) is 10.5 Å². The number of benzene rings is 4. The quantitative estimate of drug-likeness (QED) is 0.155. The van der Waals surface area contributed by atoms with Gasteiger partial charge < -0.3 is 9.30 Å². The van der Waals surface area contributed by atoms with Crippen LogP contribution >= 0.6 is 22.9 Å². The molecule has 0 radical (unpaired) electrons. The number of hydrogen-bond acceptors (Lipinski definition) is 5. The predicted molar refractivity (Wildman–Crippen MR) is 194 cm³/mol. The van der Waals surface area contributed by atoms with E-state index in [1.807, 2.05) is 97.9 Å². The van der Waals surface area contributed by atoms with Crippen molar-refractivity contribution < 1.29 is 22.7 Å². The van der Waals surface area contributed by atoms with Gasteiger partial charge in [0.05, 0.1) is 34.1 Å². The first-order chi connectivity index (χ1) is 24.5. The second-order valence-corrected chi connectivity index (χ2v) is 13.3. The first-order valence-corrected chi connectivity index (χ1v) is 17.2. The summed E-state index contributed by atoms with van der Waals surface area (Å²) in [5, 5.41) is 0.338. The van der Waals surface area contributed by atoms with Crippen LogP contribution in [0, 0.1) is 6.92 Å². The van der Waals surface area contributed by atoms with Crippen LogP contribution in [0.4, 0.5) is 13.2 Å². The van der Waals surface area contributed by atoms with Gasteiger partial charge in [-0.2, -0.15) is 13.2 Å². The van der Waals surface area contributed by atoms with E-state index in [4.69, 9.17) is 16.3 Å². The summed E-state index contributed by atoms with van der Waals surface area (Å²) in [5.41, 5.74) is 3.51. The Balaban J connectivity index is 1.54. The normalized spacial score (nSPS) is 14.7. The van der Waals surface area contributed by atoms with Crippen molar-refractivity contribution in [3.63, 3.8) is 0 Å². The maximum atomic E-state index is 14.7. The first-order valence-electron chi connectivity index (χ1n) is 16.0. The van der Waals surface area contributed by atoms with Crippen molar-refractivity contribution in [2.45, 2.75) is 26.1 Å². The molecule has 6 aromatic rings. The predicted octanol–water partition coefficient (Wildman–Crippen LogP) is 8.43. The molecular formula is C40H29ClF3N3O3S. The van der Waals surface area contributed by atoms with Crippen LogP contribution in [0.25, 0.3) is 34.3 Å². The third kappa shape index (κ3) is 6.48. The third-order valence-corrected chi connectivity index (χ3v) is 9.74. The Morgan fingerprint density at radius 2 is 1.55 bits per heavy atom. The molecule has 3 heterocycles. The summed E-state index contributed by atoms with van der Waals surface area (Å²) in [5.74, 6) is -1.21. The van der Waals surface area contributed by atoms with E-state index in [1.54, 1.807) is 6.08 Å². The molecular weight excluding hydrogens is 695 g/mol. The average molecular weight is 724 g/mol. The summed E-state index contributed by atoms with van der Waals surface area (Å²) in [6.45, 7) is 3.33. The van der Waals surface area contributed by atoms with Crippen molar-refractivity contribution in [3.05, 3.63) is 168 Å². The highest BCUT2D eigenvalue weighted by molar-refractivity contribution is 7.07. The van der Waals surface area contributed by atoms with Crippen molar-refractivity contribution in [2.24, 2.45) is 4.99 Å². The van der Waals surface area contributed by atoms with Gasteiger partial charge in [-0.3, -0.25) is 9.36 Å². The van der Waals surface area contributed by atoms with E-state index in [9.17, 15) is 22.8 Å². The molecule has 1 aliphatic rings. The van der Waals surface area contributed by atoms with Gasteiger partial charge in [-0.15, -0.1) is 0 Å². The van der Waals surface area contributed by atoms with Crippen LogP contribution in [0.3, 0.4) is 0 Å². The Morgan fingerprint density at radius 1 is 0.922 bits per heavy atom. The van der Waals surface area contributed by atoms with E-state index >= 15 is 0 Å². The average Bonchev–Trinajstić information content (AvgIpc) is 3.65. The number of esters is 1. The van der Waals surface area contributed by atoms with Gasteiger partial charge in [0.1, 0.15) is 0 Å². The van der Waals surface area contributed by atoms with Crippen molar-refractivity contribution in [2.75, 3.05) is 6.61 Å². The number of aryl methyl sites for hydroxylation is 1. The number of carbonyl (C=O) groups is 1. The number of hydrogen-bond donors (Lipinski definition) is 0. The molecule has 0 saturated carbocycles. The van der Waals surface area contributed by atoms with E-state index in [1.165, 1.54) is 31.2 Å². The van der Waals surface area contributed by atoms with Crippen molar-refractivity contribution in [1.82, 2.24) is 9.13 Å². The minimum Gasteiger partial charge on any atom is -0.463 e. The van der Waals surface area contributed by atoms with Crippen LogP contribution < -0.4 is 14.9 Å². The lowest BCUT2D eigenvalue weighted by Crippen LogP contribution is -2.41. The number of thiazole rings is 1. The van der Waals surface area contributed by atoms with E-state index in [0.29, 0.717) is 10.6 Å². The van der Waals surface area contributed by atoms with Crippen LogP contribution in [0.1, 0.15) is 29.7 Å². The van der Waals surface area contributed by atoms with E-state index < -0.39 is 35.0 Å². The summed E-state index contributed by atoms with van der Waals surface area (Å²) >= 11 is 6.95. The van der Waals surface area contributed by atoms with Gasteiger partial charge in [-0.1, -0.05) is 113 Å². The molecule has 0 amide bonds. The fourth-order valence-corrected chi connectivity index (χ4v) is 7.37. The summed E-state index contributed by atoms with van der Waals surface area (Å²) in [7, 11) is 0. The molecule has 0 N–H and O–H groups in total. The molecule has 2 aromatic heterocycles. The number of rotatable bonds is 7. The Hall–Kier alpha value is -5.45. The van der Waals surface area contributed by atoms with E-state index in [2.05, 4.69) is 9.56 Å². The maximum absolute atomic E-state index is 14.7. The number of halogens is 4. The number of alkyl halides is 3. The molecule has 256 valence electrons. The monoisotopic (exact) mass is 723 g/mol. The van der Waals surface area contributed by atoms with Crippen LogP contribution in [0.15, 0.2) is 136 Å². The minimum atomic E-state index is -5.02. The van der Waals surface area contributed by atoms with E-state index in [-0.39, 0.29) is 21.5 Å². The summed E-state index contributed by atoms with van der Waals surface area (Å²) in [4.78, 5) is 31.4. The third-order valence-electron chi connectivity index (χ3n) is 8.51. The molecule has 0 bridgehead atoms. The van der Waals surface area contributed by atoms with Crippen molar-refractivity contribution in [1.29, 1.82) is 0 Å². The molecule has 0 fully saturated rings. The molecule has 51 heavy (non-hydrogen) atoms. The maximum Gasteiger partial charge on any atom is 0.434 e. The Morgan fingerprint density at radius 3 is 2.16 bits per heavy atom. The molecule has 11 heteroatoms. The number of carbonyl (C=O) groups excluding carboxylic acids is 1. The minimum absolute atomic E-state index is 0.136. The van der Waals surface area contributed by atoms with Crippen molar-refractivity contribution in [3.8, 4) is 28.2 Å². The fourth-order valence-electron chi connectivity index (χ4n) is 6.26. The van der Waals surface area contributed by atoms with Crippen LogP contribution in [-0.2, 0) is 9.53 Å². The van der Waals surface area contributed by atoms with Gasteiger partial charge in [0.2, 0.25) is 0 Å². The SMILES string of the molecule is CCOC(=O)C1=C(C(F)(F)F)N=c2s/c(=C\c3cc(-c4ccccc4)n(-c4ccc(C)cc4)c3-c3ccccc3)c(=O)n2[C@H]1c1ccc(Cl)cc1. The smallest absolute Gasteiger partial charge is 0.434 e. The van der Waals surface area contributed by atoms with E-state index in [0.717, 1.165) is 49.7 Å². The standard InChI is InChI=1S/C40H29ClF3N3O3S/c1-3-50-38(49)33-35(27-16-18-29(41)19-17-27)47-37(48)32(51-39(47)45-36(33)40(42,43)44)23-28-22-31(25-10-6-4-7-11-25)46(30-20-14-24(2)15-21-30)34(28)26-12-8-5-9-13-26/h4-23,35H,3H2,1-2H3/b32-23-/t35-/m0/s1. The van der Waals surface area contributed by atoms with Gasteiger partial charge in [0, 0.05) is 16.3 Å². The molecule has 0 saturated heterocycles. The fraction of sp³-hybridized carbons (Fsp3) is 0.125. The lowest BCUT2D eigenvalue weighted by Gasteiger charge is -2.26. The van der Waals surface area contributed by atoms with Crippen LogP contribution in [-0.4, -0.2) is 27.9 Å². The van der Waals surface area contributed by atoms with Crippen LogP contribution in [0.5, 0.6) is 0 Å². The lowest BCUT2D eigenvalue weighted by molar-refractivity contribution is -0.140. The van der Waals surface area contributed by atoms with Gasteiger partial charge in [-0.05, 0) is 66.9 Å². The Labute approximate surface area is 299 Å². The van der Waals surface area contributed by atoms with Gasteiger partial charge in [-0.25, -0.2) is 9.79 Å². The molecule has 7 rings (SSSR count). The molecule has 6 nitrogen and oxygen atoms in total. The van der Waals surface area contributed by atoms with Gasteiger partial charge >= 0.3 is 12.1 Å². The second-order valence-electron chi connectivity index (χ2n) is 11.9. The molecule has 4 aromatic carbocycles. The zero-order valence-corrected chi connectivity index (χ0v) is 28.9. The Bertz CT molecular complexity index is 2470. The highest BCUT2D eigenvalue weighted by atomic mass is 35.5.